The molecule has 19 heavy (non-hydrogen) atoms. The van der Waals surface area contributed by atoms with Crippen LogP contribution in [0.15, 0.2) is 12.1 Å². The summed E-state index contributed by atoms with van der Waals surface area (Å²) < 4.78 is 11.4. The van der Waals surface area contributed by atoms with Crippen molar-refractivity contribution in [1.29, 1.82) is 0 Å². The number of nitrogens with two attached hydrogens (primary N) is 1. The lowest BCUT2D eigenvalue weighted by molar-refractivity contribution is 0.141. The first kappa shape index (κ1) is 14.4. The normalized spacial score (nSPS) is 15.7. The second-order valence-corrected chi connectivity index (χ2v) is 5.16. The molecule has 1 aromatic carbocycles. The van der Waals surface area contributed by atoms with Crippen LogP contribution in [0, 0.1) is 0 Å². The third-order valence-corrected chi connectivity index (χ3v) is 3.67. The van der Waals surface area contributed by atoms with E-state index >= 15 is 0 Å². The van der Waals surface area contributed by atoms with Gasteiger partial charge in [0.1, 0.15) is 0 Å². The van der Waals surface area contributed by atoms with Gasteiger partial charge in [0.2, 0.25) is 0 Å². The molecule has 0 spiro atoms. The van der Waals surface area contributed by atoms with Crippen molar-refractivity contribution in [1.82, 2.24) is 0 Å². The van der Waals surface area contributed by atoms with Crippen molar-refractivity contribution in [3.63, 3.8) is 0 Å². The Labute approximate surface area is 118 Å². The molecule has 5 heteroatoms. The maximum absolute atomic E-state index is 6.29. The third kappa shape index (κ3) is 3.75. The van der Waals surface area contributed by atoms with E-state index in [2.05, 4.69) is 4.84 Å². The summed E-state index contributed by atoms with van der Waals surface area (Å²) in [5.74, 6) is 6.35. The molecule has 2 rings (SSSR count). The Balaban J connectivity index is 2.16. The smallest absolute Gasteiger partial charge is 0.180 e. The summed E-state index contributed by atoms with van der Waals surface area (Å²) in [5.41, 5.74) is 1.02. The van der Waals surface area contributed by atoms with Crippen LogP contribution in [-0.4, -0.2) is 19.8 Å². The van der Waals surface area contributed by atoms with Gasteiger partial charge in [0, 0.05) is 0 Å². The minimum Gasteiger partial charge on any atom is -0.493 e. The van der Waals surface area contributed by atoms with Crippen LogP contribution >= 0.6 is 11.6 Å². The van der Waals surface area contributed by atoms with Gasteiger partial charge in [0.05, 0.1) is 24.8 Å². The van der Waals surface area contributed by atoms with E-state index in [9.17, 15) is 0 Å². The lowest BCUT2D eigenvalue weighted by Crippen LogP contribution is -2.12. The van der Waals surface area contributed by atoms with Gasteiger partial charge < -0.3 is 14.3 Å². The fourth-order valence-corrected chi connectivity index (χ4v) is 2.66. The van der Waals surface area contributed by atoms with Gasteiger partial charge in [-0.25, -0.2) is 5.90 Å². The van der Waals surface area contributed by atoms with Gasteiger partial charge in [-0.15, -0.1) is 0 Å². The lowest BCUT2D eigenvalue weighted by atomic mass is 10.1. The summed E-state index contributed by atoms with van der Waals surface area (Å²) in [4.78, 5) is 4.58. The van der Waals surface area contributed by atoms with E-state index in [0.717, 1.165) is 18.4 Å². The van der Waals surface area contributed by atoms with Gasteiger partial charge in [-0.3, -0.25) is 0 Å². The van der Waals surface area contributed by atoms with E-state index in [-0.39, 0.29) is 6.10 Å². The van der Waals surface area contributed by atoms with Gasteiger partial charge in [-0.05, 0) is 49.8 Å². The molecule has 0 radical (unpaired) electrons. The highest BCUT2D eigenvalue weighted by Crippen LogP contribution is 2.39. The Hall–Kier alpha value is -0.970. The molecule has 2 N–H and O–H groups in total. The molecule has 1 aromatic rings. The lowest BCUT2D eigenvalue weighted by Gasteiger charge is -2.18. The highest BCUT2D eigenvalue weighted by molar-refractivity contribution is 6.32. The molecule has 1 aliphatic carbocycles. The molecule has 0 saturated heterocycles. The zero-order valence-electron chi connectivity index (χ0n) is 11.2. The quantitative estimate of drug-likeness (QED) is 0.816. The highest BCUT2D eigenvalue weighted by Gasteiger charge is 2.20. The summed E-state index contributed by atoms with van der Waals surface area (Å²) in [7, 11) is 1.62. The van der Waals surface area contributed by atoms with E-state index in [1.807, 2.05) is 12.1 Å². The first-order valence-electron chi connectivity index (χ1n) is 6.59. The van der Waals surface area contributed by atoms with Gasteiger partial charge in [0.15, 0.2) is 11.5 Å². The predicted molar refractivity (Wildman–Crippen MR) is 74.7 cm³/mol. The third-order valence-electron chi connectivity index (χ3n) is 3.38. The zero-order valence-corrected chi connectivity index (χ0v) is 11.9. The molecule has 0 atom stereocenters. The average Bonchev–Trinajstić information content (AvgIpc) is 2.91. The molecule has 1 aliphatic rings. The largest absolute Gasteiger partial charge is 0.493 e. The standard InChI is InChI=1S/C14H20ClNO3/c1-17-13-9-10(6-7-18-16)8-12(15)14(13)19-11-4-2-3-5-11/h8-9,11H,2-7,16H2,1H3. The summed E-state index contributed by atoms with van der Waals surface area (Å²) in [5, 5.41) is 0.582. The van der Waals surface area contributed by atoms with Crippen molar-refractivity contribution < 1.29 is 14.3 Å². The number of hydrogen-bond donors (Lipinski definition) is 1. The van der Waals surface area contributed by atoms with Crippen LogP contribution in [0.3, 0.4) is 0 Å². The maximum atomic E-state index is 6.29. The number of hydrogen-bond acceptors (Lipinski definition) is 4. The van der Waals surface area contributed by atoms with Crippen molar-refractivity contribution in [2.75, 3.05) is 13.7 Å². The molecule has 0 unspecified atom stereocenters. The second kappa shape index (κ2) is 6.98. The van der Waals surface area contributed by atoms with Gasteiger partial charge in [0.25, 0.3) is 0 Å². The molecule has 0 aromatic heterocycles. The van der Waals surface area contributed by atoms with Crippen molar-refractivity contribution in [3.8, 4) is 11.5 Å². The zero-order chi connectivity index (χ0) is 13.7. The molecular weight excluding hydrogens is 266 g/mol. The average molecular weight is 286 g/mol. The molecule has 1 fully saturated rings. The molecule has 1 saturated carbocycles. The topological polar surface area (TPSA) is 53.7 Å². The Morgan fingerprint density at radius 1 is 1.32 bits per heavy atom. The molecule has 0 bridgehead atoms. The Morgan fingerprint density at radius 2 is 2.05 bits per heavy atom. The van der Waals surface area contributed by atoms with Gasteiger partial charge >= 0.3 is 0 Å². The van der Waals surface area contributed by atoms with Crippen molar-refractivity contribution in [2.45, 2.75) is 38.2 Å². The van der Waals surface area contributed by atoms with Crippen molar-refractivity contribution >= 4 is 11.6 Å². The summed E-state index contributed by atoms with van der Waals surface area (Å²) in [6, 6.07) is 3.81. The molecule has 0 heterocycles. The summed E-state index contributed by atoms with van der Waals surface area (Å²) in [6.07, 6.45) is 5.55. The highest BCUT2D eigenvalue weighted by atomic mass is 35.5. The number of halogens is 1. The van der Waals surface area contributed by atoms with Gasteiger partial charge in [-0.2, -0.15) is 0 Å². The van der Waals surface area contributed by atoms with Crippen LogP contribution in [0.5, 0.6) is 11.5 Å². The van der Waals surface area contributed by atoms with Crippen molar-refractivity contribution in [3.05, 3.63) is 22.7 Å². The SMILES string of the molecule is COc1cc(CCON)cc(Cl)c1OC1CCCC1. The fraction of sp³-hybridized carbons (Fsp3) is 0.571. The van der Waals surface area contributed by atoms with Crippen LogP contribution in [0.2, 0.25) is 5.02 Å². The number of rotatable bonds is 6. The van der Waals surface area contributed by atoms with Crippen molar-refractivity contribution in [2.24, 2.45) is 5.90 Å². The first-order chi connectivity index (χ1) is 9.24. The number of ether oxygens (including phenoxy) is 2. The molecule has 0 amide bonds. The van der Waals surface area contributed by atoms with Crippen LogP contribution in [0.1, 0.15) is 31.2 Å². The summed E-state index contributed by atoms with van der Waals surface area (Å²) in [6.45, 7) is 0.447. The van der Waals surface area contributed by atoms with E-state index in [0.29, 0.717) is 29.5 Å². The van der Waals surface area contributed by atoms with Crippen LogP contribution in [0.4, 0.5) is 0 Å². The van der Waals surface area contributed by atoms with Crippen LogP contribution in [0.25, 0.3) is 0 Å². The number of benzene rings is 1. The minimum atomic E-state index is 0.254. The number of methoxy groups -OCH3 is 1. The monoisotopic (exact) mass is 285 g/mol. The Bertz CT molecular complexity index is 419. The fourth-order valence-electron chi connectivity index (χ4n) is 2.38. The van der Waals surface area contributed by atoms with E-state index < -0.39 is 0 Å². The maximum Gasteiger partial charge on any atom is 0.180 e. The van der Waals surface area contributed by atoms with Crippen LogP contribution in [-0.2, 0) is 11.3 Å². The molecule has 106 valence electrons. The molecule has 4 nitrogen and oxygen atoms in total. The molecule has 0 aliphatic heterocycles. The van der Waals surface area contributed by atoms with E-state index in [1.54, 1.807) is 7.11 Å². The van der Waals surface area contributed by atoms with Gasteiger partial charge in [-0.1, -0.05) is 11.6 Å². The van der Waals surface area contributed by atoms with E-state index in [1.165, 1.54) is 12.8 Å². The summed E-state index contributed by atoms with van der Waals surface area (Å²) >= 11 is 6.29. The predicted octanol–water partition coefficient (Wildman–Crippen LogP) is 3.10. The Morgan fingerprint density at radius 3 is 2.68 bits per heavy atom. The van der Waals surface area contributed by atoms with E-state index in [4.69, 9.17) is 27.0 Å². The molecular formula is C14H20ClNO3. The van der Waals surface area contributed by atoms with Crippen LogP contribution < -0.4 is 15.4 Å². The Kier molecular flexibility index (Phi) is 5.31. The first-order valence-corrected chi connectivity index (χ1v) is 6.97. The second-order valence-electron chi connectivity index (χ2n) is 4.75. The minimum absolute atomic E-state index is 0.254.